The molecule has 0 aliphatic heterocycles. The Bertz CT molecular complexity index is 1110. The second kappa shape index (κ2) is 8.99. The summed E-state index contributed by atoms with van der Waals surface area (Å²) in [5, 5.41) is 15.2. The van der Waals surface area contributed by atoms with E-state index in [4.69, 9.17) is 21.6 Å². The van der Waals surface area contributed by atoms with Crippen LogP contribution < -0.4 is 15.4 Å². The summed E-state index contributed by atoms with van der Waals surface area (Å²) < 4.78 is 19.0. The molecule has 1 aromatic heterocycles. The Hall–Kier alpha value is -3.18. The van der Waals surface area contributed by atoms with E-state index in [2.05, 4.69) is 22.5 Å². The minimum atomic E-state index is -0.601. The summed E-state index contributed by atoms with van der Waals surface area (Å²) in [6.45, 7) is 1.86. The lowest BCUT2D eigenvalue weighted by Crippen LogP contribution is -2.67. The van der Waals surface area contributed by atoms with Crippen molar-refractivity contribution in [3.8, 4) is 11.8 Å². The predicted octanol–water partition coefficient (Wildman–Crippen LogP) is 3.76. The van der Waals surface area contributed by atoms with Gasteiger partial charge in [-0.25, -0.2) is 9.37 Å². The fourth-order valence-electron chi connectivity index (χ4n) is 5.01. The average molecular weight is 471 g/mol. The highest BCUT2D eigenvalue weighted by Gasteiger charge is 2.54. The quantitative estimate of drug-likeness (QED) is 0.668. The van der Waals surface area contributed by atoms with Crippen molar-refractivity contribution in [2.75, 3.05) is 6.61 Å². The van der Waals surface area contributed by atoms with Crippen LogP contribution in [-0.4, -0.2) is 34.5 Å². The summed E-state index contributed by atoms with van der Waals surface area (Å²) in [5.41, 5.74) is -0.0120. The first kappa shape index (κ1) is 23.0. The number of amides is 2. The van der Waals surface area contributed by atoms with E-state index < -0.39 is 5.82 Å². The Morgan fingerprint density at radius 2 is 2.00 bits per heavy atom. The van der Waals surface area contributed by atoms with Gasteiger partial charge in [-0.05, 0) is 62.3 Å². The van der Waals surface area contributed by atoms with Gasteiger partial charge in [-0.3, -0.25) is 9.59 Å². The van der Waals surface area contributed by atoms with Gasteiger partial charge < -0.3 is 15.4 Å². The largest absolute Gasteiger partial charge is 0.484 e. The zero-order valence-electron chi connectivity index (χ0n) is 18.2. The molecule has 3 saturated carbocycles. The van der Waals surface area contributed by atoms with Crippen molar-refractivity contribution in [2.45, 2.75) is 50.1 Å². The number of nitrogens with zero attached hydrogens (tertiary/aromatic N) is 2. The molecule has 1 atom stereocenters. The van der Waals surface area contributed by atoms with Crippen LogP contribution in [0.25, 0.3) is 0 Å². The molecule has 2 N–H and O–H groups in total. The number of carbonyl (C=O) groups excluding carboxylic acids is 2. The van der Waals surface area contributed by atoms with E-state index >= 15 is 0 Å². The van der Waals surface area contributed by atoms with E-state index in [0.717, 1.165) is 38.2 Å². The molecular weight excluding hydrogens is 447 g/mol. The molecule has 1 heterocycles. The van der Waals surface area contributed by atoms with Crippen molar-refractivity contribution in [1.29, 1.82) is 5.26 Å². The maximum atomic E-state index is 13.6. The molecule has 0 radical (unpaired) electrons. The lowest BCUT2D eigenvalue weighted by atomic mass is 9.56. The number of fused-ring (bicyclic) bond motifs is 3. The number of nitriles is 1. The summed E-state index contributed by atoms with van der Waals surface area (Å²) in [7, 11) is 0. The smallest absolute Gasteiger partial charge is 0.270 e. The first-order chi connectivity index (χ1) is 15.7. The van der Waals surface area contributed by atoms with Crippen molar-refractivity contribution in [1.82, 2.24) is 15.6 Å². The van der Waals surface area contributed by atoms with Gasteiger partial charge in [0.2, 0.25) is 0 Å². The van der Waals surface area contributed by atoms with Gasteiger partial charge in [0.1, 0.15) is 23.3 Å². The summed E-state index contributed by atoms with van der Waals surface area (Å²) in [5.74, 6) is -0.737. The molecule has 2 aromatic rings. The average Bonchev–Trinajstić information content (AvgIpc) is 2.81. The summed E-state index contributed by atoms with van der Waals surface area (Å²) >= 11 is 5.67. The van der Waals surface area contributed by atoms with Crippen LogP contribution in [0.2, 0.25) is 5.02 Å². The highest BCUT2D eigenvalue weighted by Crippen LogP contribution is 2.50. The number of pyridine rings is 1. The fourth-order valence-corrected chi connectivity index (χ4v) is 5.13. The van der Waals surface area contributed by atoms with Crippen molar-refractivity contribution in [3.05, 3.63) is 58.6 Å². The van der Waals surface area contributed by atoms with Gasteiger partial charge in [0.25, 0.3) is 11.8 Å². The topological polar surface area (TPSA) is 104 Å². The maximum Gasteiger partial charge on any atom is 0.270 e. The number of hydrogen-bond acceptors (Lipinski definition) is 5. The first-order valence-corrected chi connectivity index (χ1v) is 11.2. The van der Waals surface area contributed by atoms with Crippen LogP contribution in [0.1, 0.15) is 55.1 Å². The summed E-state index contributed by atoms with van der Waals surface area (Å²) in [6.07, 6.45) is 5.06. The number of hydrogen-bond donors (Lipinski definition) is 2. The molecule has 9 heteroatoms. The van der Waals surface area contributed by atoms with Crippen molar-refractivity contribution in [3.63, 3.8) is 0 Å². The number of aromatic nitrogens is 1. The standard InChI is InChI=1S/C24H24ClFN4O3/c1-15-11-23(29-21(31)14-33-17-3-4-18(25)19(26)10-17)6-8-24(15,9-7-23)30-22(32)20-5-2-16(12-27)13-28-20/h2-5,10,13,15H,6-9,11,14H2,1H3,(H,29,31)(H,30,32). The molecule has 5 rings (SSSR count). The first-order valence-electron chi connectivity index (χ1n) is 10.8. The molecule has 3 fully saturated rings. The number of benzene rings is 1. The third kappa shape index (κ3) is 4.79. The molecule has 1 unspecified atom stereocenters. The molecule has 2 amide bonds. The van der Waals surface area contributed by atoms with E-state index in [0.29, 0.717) is 5.56 Å². The Balaban J connectivity index is 1.34. The molecular formula is C24H24ClFN4O3. The molecule has 172 valence electrons. The van der Waals surface area contributed by atoms with E-state index in [1.165, 1.54) is 18.3 Å². The summed E-state index contributed by atoms with van der Waals surface area (Å²) in [6, 6.07) is 9.16. The van der Waals surface area contributed by atoms with Gasteiger partial charge in [-0.15, -0.1) is 0 Å². The van der Waals surface area contributed by atoms with Crippen molar-refractivity contribution < 1.29 is 18.7 Å². The van der Waals surface area contributed by atoms with Crippen LogP contribution in [0.15, 0.2) is 36.5 Å². The van der Waals surface area contributed by atoms with E-state index in [1.807, 2.05) is 6.07 Å². The fraction of sp³-hybridized carbons (Fsp3) is 0.417. The highest BCUT2D eigenvalue weighted by molar-refractivity contribution is 6.30. The molecule has 0 spiro atoms. The lowest BCUT2D eigenvalue weighted by molar-refractivity contribution is -0.127. The van der Waals surface area contributed by atoms with Crippen LogP contribution in [0, 0.1) is 23.1 Å². The number of ether oxygens (including phenoxy) is 1. The molecule has 7 nitrogen and oxygen atoms in total. The molecule has 3 aliphatic carbocycles. The van der Waals surface area contributed by atoms with Crippen molar-refractivity contribution in [2.24, 2.45) is 5.92 Å². The zero-order chi connectivity index (χ0) is 23.6. The zero-order valence-corrected chi connectivity index (χ0v) is 18.9. The minimum Gasteiger partial charge on any atom is -0.484 e. The predicted molar refractivity (Wildman–Crippen MR) is 119 cm³/mol. The van der Waals surface area contributed by atoms with E-state index in [-0.39, 0.29) is 51.9 Å². The Morgan fingerprint density at radius 1 is 1.24 bits per heavy atom. The van der Waals surface area contributed by atoms with Crippen LogP contribution in [0.5, 0.6) is 5.75 Å². The van der Waals surface area contributed by atoms with Gasteiger partial charge in [-0.2, -0.15) is 5.26 Å². The number of halogens is 2. The number of nitrogens with one attached hydrogen (secondary N) is 2. The summed E-state index contributed by atoms with van der Waals surface area (Å²) in [4.78, 5) is 29.4. The van der Waals surface area contributed by atoms with E-state index in [1.54, 1.807) is 12.1 Å². The molecule has 3 aliphatic rings. The van der Waals surface area contributed by atoms with Crippen molar-refractivity contribution >= 4 is 23.4 Å². The van der Waals surface area contributed by atoms with Gasteiger partial charge in [0.05, 0.1) is 10.6 Å². The number of rotatable bonds is 6. The van der Waals surface area contributed by atoms with Crippen LogP contribution in [0.3, 0.4) is 0 Å². The Labute approximate surface area is 196 Å². The maximum absolute atomic E-state index is 13.6. The molecule has 0 saturated heterocycles. The second-order valence-corrected chi connectivity index (χ2v) is 9.36. The Kier molecular flexibility index (Phi) is 6.26. The van der Waals surface area contributed by atoms with Gasteiger partial charge >= 0.3 is 0 Å². The normalized spacial score (nSPS) is 25.7. The molecule has 1 aromatic carbocycles. The monoisotopic (exact) mass is 470 g/mol. The van der Waals surface area contributed by atoms with Gasteiger partial charge in [0.15, 0.2) is 6.61 Å². The van der Waals surface area contributed by atoms with Crippen LogP contribution in [0.4, 0.5) is 4.39 Å². The highest BCUT2D eigenvalue weighted by atomic mass is 35.5. The molecule has 33 heavy (non-hydrogen) atoms. The van der Waals surface area contributed by atoms with Gasteiger partial charge in [-0.1, -0.05) is 18.5 Å². The third-order valence-electron chi connectivity index (χ3n) is 6.89. The second-order valence-electron chi connectivity index (χ2n) is 8.95. The van der Waals surface area contributed by atoms with Crippen LogP contribution >= 0.6 is 11.6 Å². The SMILES string of the molecule is CC1CC2(NC(=O)COc3ccc(Cl)c(F)c3)CCC1(NC(=O)c1ccc(C#N)cn1)CC2. The Morgan fingerprint density at radius 3 is 2.61 bits per heavy atom. The minimum absolute atomic E-state index is 0.00497. The molecule has 2 bridgehead atoms. The van der Waals surface area contributed by atoms with Gasteiger partial charge in [0, 0.05) is 23.3 Å². The number of carbonyl (C=O) groups is 2. The van der Waals surface area contributed by atoms with Crippen LogP contribution in [-0.2, 0) is 4.79 Å². The third-order valence-corrected chi connectivity index (χ3v) is 7.20. The lowest BCUT2D eigenvalue weighted by Gasteiger charge is -2.57. The van der Waals surface area contributed by atoms with E-state index in [9.17, 15) is 14.0 Å².